The van der Waals surface area contributed by atoms with E-state index in [1.165, 1.54) is 57.8 Å². The Morgan fingerprint density at radius 1 is 0.684 bits per heavy atom. The van der Waals surface area contributed by atoms with Crippen molar-refractivity contribution >= 4 is 5.78 Å². The minimum absolute atomic E-state index is 0.495. The van der Waals surface area contributed by atoms with E-state index in [0.717, 1.165) is 37.5 Å². The van der Waals surface area contributed by atoms with Crippen molar-refractivity contribution in [1.82, 2.24) is 0 Å². The van der Waals surface area contributed by atoms with Crippen molar-refractivity contribution in [3.8, 4) is 0 Å². The fourth-order valence-corrected chi connectivity index (χ4v) is 4.69. The molecule has 1 heteroatoms. The van der Waals surface area contributed by atoms with Crippen LogP contribution in [0, 0.1) is 11.8 Å². The lowest BCUT2D eigenvalue weighted by molar-refractivity contribution is -0.119. The third kappa shape index (κ3) is 3.12. The molecule has 0 aromatic carbocycles. The number of hydrogen-bond acceptors (Lipinski definition) is 1. The number of rotatable bonds is 1. The molecule has 3 aliphatic carbocycles. The molecule has 0 bridgehead atoms. The third-order valence-electron chi connectivity index (χ3n) is 5.74. The summed E-state index contributed by atoms with van der Waals surface area (Å²) in [4.78, 5) is 11.5. The van der Waals surface area contributed by atoms with Crippen molar-refractivity contribution < 1.29 is 4.79 Å². The lowest BCUT2D eigenvalue weighted by Crippen LogP contribution is -2.24. The standard InChI is InChI=1S/C18H28O/c19-16-12-10-15(11-13-16)18-9-5-4-8-17(18)14-6-2-1-3-7-14/h14,17H,1-13H2. The van der Waals surface area contributed by atoms with Gasteiger partial charge in [0.1, 0.15) is 5.78 Å². The van der Waals surface area contributed by atoms with Crippen LogP contribution < -0.4 is 0 Å². The van der Waals surface area contributed by atoms with Crippen LogP contribution >= 0.6 is 0 Å². The Morgan fingerprint density at radius 2 is 1.37 bits per heavy atom. The fourth-order valence-electron chi connectivity index (χ4n) is 4.69. The summed E-state index contributed by atoms with van der Waals surface area (Å²) in [5.41, 5.74) is 3.53. The summed E-state index contributed by atoms with van der Waals surface area (Å²) in [5, 5.41) is 0. The first-order valence-corrected chi connectivity index (χ1v) is 8.57. The van der Waals surface area contributed by atoms with Gasteiger partial charge in [0.05, 0.1) is 0 Å². The minimum Gasteiger partial charge on any atom is -0.300 e. The molecule has 0 aliphatic heterocycles. The molecule has 19 heavy (non-hydrogen) atoms. The highest BCUT2D eigenvalue weighted by atomic mass is 16.1. The van der Waals surface area contributed by atoms with Crippen molar-refractivity contribution in [3.05, 3.63) is 11.1 Å². The lowest BCUT2D eigenvalue weighted by atomic mass is 9.68. The average molecular weight is 260 g/mol. The van der Waals surface area contributed by atoms with E-state index in [9.17, 15) is 4.79 Å². The van der Waals surface area contributed by atoms with Crippen molar-refractivity contribution in [3.63, 3.8) is 0 Å². The molecule has 1 unspecified atom stereocenters. The summed E-state index contributed by atoms with van der Waals surface area (Å²) in [7, 11) is 0. The van der Waals surface area contributed by atoms with Crippen LogP contribution in [0.5, 0.6) is 0 Å². The van der Waals surface area contributed by atoms with Gasteiger partial charge in [-0.3, -0.25) is 4.79 Å². The van der Waals surface area contributed by atoms with E-state index in [1.807, 2.05) is 5.57 Å². The number of ketones is 1. The smallest absolute Gasteiger partial charge is 0.133 e. The van der Waals surface area contributed by atoms with Gasteiger partial charge in [0.25, 0.3) is 0 Å². The van der Waals surface area contributed by atoms with Crippen LogP contribution in [0.3, 0.4) is 0 Å². The predicted octanol–water partition coefficient (Wildman–Crippen LogP) is 5.20. The van der Waals surface area contributed by atoms with Gasteiger partial charge in [0.2, 0.25) is 0 Å². The first-order chi connectivity index (χ1) is 9.34. The van der Waals surface area contributed by atoms with Crippen LogP contribution in [-0.4, -0.2) is 5.78 Å². The molecule has 106 valence electrons. The Hall–Kier alpha value is -0.590. The largest absolute Gasteiger partial charge is 0.300 e. The molecule has 1 nitrogen and oxygen atoms in total. The SMILES string of the molecule is O=C1CCC(=C2CCCCC2C2CCCCC2)CC1. The van der Waals surface area contributed by atoms with Gasteiger partial charge in [0, 0.05) is 12.8 Å². The van der Waals surface area contributed by atoms with E-state index in [2.05, 4.69) is 0 Å². The Morgan fingerprint density at radius 3 is 2.11 bits per heavy atom. The van der Waals surface area contributed by atoms with E-state index < -0.39 is 0 Å². The zero-order valence-corrected chi connectivity index (χ0v) is 12.3. The number of carbonyl (C=O) groups excluding carboxylic acids is 1. The van der Waals surface area contributed by atoms with Gasteiger partial charge >= 0.3 is 0 Å². The molecule has 0 heterocycles. The summed E-state index contributed by atoms with van der Waals surface area (Å²) in [5.74, 6) is 2.38. The minimum atomic E-state index is 0.495. The van der Waals surface area contributed by atoms with Crippen molar-refractivity contribution in [2.75, 3.05) is 0 Å². The van der Waals surface area contributed by atoms with E-state index in [1.54, 1.807) is 5.57 Å². The molecule has 0 amide bonds. The number of hydrogen-bond donors (Lipinski definition) is 0. The van der Waals surface area contributed by atoms with Crippen molar-refractivity contribution in [2.45, 2.75) is 83.5 Å². The highest BCUT2D eigenvalue weighted by Gasteiger charge is 2.30. The summed E-state index contributed by atoms with van der Waals surface area (Å²) >= 11 is 0. The quantitative estimate of drug-likeness (QED) is 0.592. The van der Waals surface area contributed by atoms with Crippen molar-refractivity contribution in [2.24, 2.45) is 11.8 Å². The normalized spacial score (nSPS) is 30.7. The lowest BCUT2D eigenvalue weighted by Gasteiger charge is -2.37. The predicted molar refractivity (Wildman–Crippen MR) is 79.0 cm³/mol. The van der Waals surface area contributed by atoms with Gasteiger partial charge in [-0.25, -0.2) is 0 Å². The summed E-state index contributed by atoms with van der Waals surface area (Å²) in [6.07, 6.45) is 16.8. The molecular formula is C18H28O. The summed E-state index contributed by atoms with van der Waals surface area (Å²) in [6, 6.07) is 0. The average Bonchev–Trinajstić information content (AvgIpc) is 2.49. The second kappa shape index (κ2) is 6.24. The molecule has 3 saturated carbocycles. The monoisotopic (exact) mass is 260 g/mol. The zero-order valence-electron chi connectivity index (χ0n) is 12.3. The van der Waals surface area contributed by atoms with Gasteiger partial charge in [0.15, 0.2) is 0 Å². The maximum Gasteiger partial charge on any atom is 0.133 e. The summed E-state index contributed by atoms with van der Waals surface area (Å²) in [6.45, 7) is 0. The molecule has 3 fully saturated rings. The molecule has 0 spiro atoms. The van der Waals surface area contributed by atoms with Gasteiger partial charge in [-0.2, -0.15) is 0 Å². The molecule has 0 aromatic heterocycles. The molecule has 0 N–H and O–H groups in total. The van der Waals surface area contributed by atoms with E-state index >= 15 is 0 Å². The fraction of sp³-hybridized carbons (Fsp3) is 0.833. The second-order valence-electron chi connectivity index (χ2n) is 6.92. The first kappa shape index (κ1) is 13.4. The van der Waals surface area contributed by atoms with Crippen LogP contribution in [0.1, 0.15) is 83.5 Å². The molecule has 0 saturated heterocycles. The maximum absolute atomic E-state index is 11.5. The topological polar surface area (TPSA) is 17.1 Å². The van der Waals surface area contributed by atoms with E-state index in [4.69, 9.17) is 0 Å². The molecule has 0 radical (unpaired) electrons. The molecule has 0 aromatic rings. The van der Waals surface area contributed by atoms with E-state index in [0.29, 0.717) is 5.78 Å². The van der Waals surface area contributed by atoms with Gasteiger partial charge < -0.3 is 0 Å². The van der Waals surface area contributed by atoms with Crippen LogP contribution in [0.4, 0.5) is 0 Å². The molecule has 1 atom stereocenters. The highest BCUT2D eigenvalue weighted by Crippen LogP contribution is 2.44. The Balaban J connectivity index is 1.76. The Kier molecular flexibility index (Phi) is 4.40. The molecule has 3 aliphatic rings. The summed E-state index contributed by atoms with van der Waals surface area (Å²) < 4.78 is 0. The van der Waals surface area contributed by atoms with Crippen LogP contribution in [0.2, 0.25) is 0 Å². The Labute approximate surface area is 117 Å². The first-order valence-electron chi connectivity index (χ1n) is 8.57. The number of Topliss-reactive ketones (excluding diaryl/α,β-unsaturated/α-hetero) is 1. The highest BCUT2D eigenvalue weighted by molar-refractivity contribution is 5.80. The molecule has 3 rings (SSSR count). The van der Waals surface area contributed by atoms with Crippen LogP contribution in [0.15, 0.2) is 11.1 Å². The number of carbonyl (C=O) groups is 1. The van der Waals surface area contributed by atoms with Crippen LogP contribution in [0.25, 0.3) is 0 Å². The van der Waals surface area contributed by atoms with Gasteiger partial charge in [-0.1, -0.05) is 36.8 Å². The van der Waals surface area contributed by atoms with Gasteiger partial charge in [-0.15, -0.1) is 0 Å². The zero-order chi connectivity index (χ0) is 13.1. The maximum atomic E-state index is 11.5. The van der Waals surface area contributed by atoms with Gasteiger partial charge in [-0.05, 0) is 56.8 Å². The second-order valence-corrected chi connectivity index (χ2v) is 6.92. The van der Waals surface area contributed by atoms with Crippen LogP contribution in [-0.2, 0) is 4.79 Å². The molecular weight excluding hydrogens is 232 g/mol. The van der Waals surface area contributed by atoms with Crippen molar-refractivity contribution in [1.29, 1.82) is 0 Å². The van der Waals surface area contributed by atoms with E-state index in [-0.39, 0.29) is 0 Å². The Bertz CT molecular complexity index is 348. The third-order valence-corrected chi connectivity index (χ3v) is 5.74. The number of allylic oxidation sites excluding steroid dienone is 2.